The van der Waals surface area contributed by atoms with Crippen LogP contribution in [0.1, 0.15) is 162 Å². The molecule has 0 radical (unpaired) electrons. The van der Waals surface area contributed by atoms with Crippen molar-refractivity contribution in [1.29, 1.82) is 0 Å². The molecule has 2 heterocycles. The van der Waals surface area contributed by atoms with Crippen LogP contribution < -0.4 is 10.2 Å². The van der Waals surface area contributed by atoms with Crippen molar-refractivity contribution < 1.29 is 37.8 Å². The monoisotopic (exact) mass is 1040 g/mol. The number of hydrogen-bond donors (Lipinski definition) is 1. The van der Waals surface area contributed by atoms with Gasteiger partial charge >= 0.3 is 0 Å². The first-order valence-corrected chi connectivity index (χ1v) is 32.4. The van der Waals surface area contributed by atoms with Crippen LogP contribution in [0, 0.1) is 0 Å². The Bertz CT molecular complexity index is 2020. The Hall–Kier alpha value is -3.38. The van der Waals surface area contributed by atoms with Crippen LogP contribution in [0.2, 0.25) is 13.1 Å². The Balaban J connectivity index is 1.16. The largest absolute Gasteiger partial charge is 0.413 e. The van der Waals surface area contributed by atoms with Gasteiger partial charge in [-0.2, -0.15) is 0 Å². The number of ether oxygens (including phenoxy) is 3. The molecule has 1 aliphatic heterocycles. The van der Waals surface area contributed by atoms with Gasteiger partial charge in [-0.05, 0) is 64.8 Å². The highest BCUT2D eigenvalue weighted by atomic mass is 33.1. The van der Waals surface area contributed by atoms with E-state index in [1.165, 1.54) is 44.9 Å². The molecule has 0 aliphatic carbocycles. The number of para-hydroxylation sites is 2. The van der Waals surface area contributed by atoms with E-state index < -0.39 is 8.32 Å². The van der Waals surface area contributed by atoms with Crippen LogP contribution in [0.4, 0.5) is 11.4 Å². The van der Waals surface area contributed by atoms with E-state index in [2.05, 4.69) is 56.9 Å². The average molecular weight is 1040 g/mol. The zero-order valence-electron chi connectivity index (χ0n) is 44.2. The van der Waals surface area contributed by atoms with E-state index in [0.29, 0.717) is 84.7 Å². The zero-order valence-corrected chi connectivity index (χ0v) is 46.8. The maximum atomic E-state index is 14.4. The first-order valence-electron chi connectivity index (χ1n) is 26.9. The van der Waals surface area contributed by atoms with Gasteiger partial charge in [0.1, 0.15) is 17.3 Å². The van der Waals surface area contributed by atoms with Crippen LogP contribution in [0.3, 0.4) is 0 Å². The third kappa shape index (κ3) is 21.9. The highest BCUT2D eigenvalue weighted by molar-refractivity contribution is 8.76. The van der Waals surface area contributed by atoms with Crippen molar-refractivity contribution in [3.8, 4) is 22.5 Å². The highest BCUT2D eigenvalue weighted by Crippen LogP contribution is 2.48. The van der Waals surface area contributed by atoms with Gasteiger partial charge in [0.15, 0.2) is 0 Å². The SMILES string of the molecule is CCCCCCCCCCC(n1nnc2c1-c1ccccc1N(C(=O)CCC(=O)CCCOCCOCCOCCCC(=O)CCSSCCNC(=O)CCCCC)c1ccccc1-2)[Si](C)(C)OC(C)C. The number of nitrogens with zero attached hydrogens (tertiary/aromatic N) is 4. The van der Waals surface area contributed by atoms with Gasteiger partial charge < -0.3 is 24.0 Å². The van der Waals surface area contributed by atoms with Crippen molar-refractivity contribution in [2.24, 2.45) is 0 Å². The maximum Gasteiger partial charge on any atom is 0.232 e. The van der Waals surface area contributed by atoms with Crippen LogP contribution in [0.5, 0.6) is 0 Å². The number of rotatable bonds is 41. The summed E-state index contributed by atoms with van der Waals surface area (Å²) in [5, 5.41) is 12.8. The van der Waals surface area contributed by atoms with E-state index in [-0.39, 0.29) is 48.0 Å². The Morgan fingerprint density at radius 3 is 1.82 bits per heavy atom. The Morgan fingerprint density at radius 2 is 1.17 bits per heavy atom. The molecule has 1 N–H and O–H groups in total. The quantitative estimate of drug-likeness (QED) is 0.0327. The van der Waals surface area contributed by atoms with E-state index in [1.54, 1.807) is 26.5 Å². The Labute approximate surface area is 435 Å². The minimum atomic E-state index is -2.37. The molecule has 1 aromatic heterocycles. The van der Waals surface area contributed by atoms with E-state index in [4.69, 9.17) is 28.9 Å². The second-order valence-electron chi connectivity index (χ2n) is 19.4. The molecule has 2 aromatic carbocycles. The van der Waals surface area contributed by atoms with Gasteiger partial charge in [0.05, 0.1) is 49.2 Å². The lowest BCUT2D eigenvalue weighted by atomic mass is 10.0. The van der Waals surface area contributed by atoms with Crippen LogP contribution >= 0.6 is 21.6 Å². The molecule has 2 amide bonds. The van der Waals surface area contributed by atoms with Gasteiger partial charge in [0.2, 0.25) is 20.1 Å². The summed E-state index contributed by atoms with van der Waals surface area (Å²) in [6.45, 7) is 16.5. The maximum absolute atomic E-state index is 14.4. The second kappa shape index (κ2) is 34.9. The molecule has 1 unspecified atom stereocenters. The average Bonchev–Trinajstić information content (AvgIpc) is 3.73. The number of carbonyl (C=O) groups is 4. The summed E-state index contributed by atoms with van der Waals surface area (Å²) in [7, 11) is 0.998. The van der Waals surface area contributed by atoms with Gasteiger partial charge in [-0.15, -0.1) is 5.10 Å². The number of amides is 2. The third-order valence-corrected chi connectivity index (χ3v) is 18.3. The molecule has 0 saturated carbocycles. The molecular weight excluding hydrogens is 951 g/mol. The molecule has 13 nitrogen and oxygen atoms in total. The number of hydrogen-bond acceptors (Lipinski definition) is 12. The second-order valence-corrected chi connectivity index (χ2v) is 26.2. The Kier molecular flexibility index (Phi) is 29.6. The third-order valence-electron chi connectivity index (χ3n) is 12.6. The van der Waals surface area contributed by atoms with E-state index in [1.807, 2.05) is 42.5 Å². The lowest BCUT2D eigenvalue weighted by Gasteiger charge is -2.35. The summed E-state index contributed by atoms with van der Waals surface area (Å²) < 4.78 is 25.9. The molecule has 0 bridgehead atoms. The molecule has 0 fully saturated rings. The van der Waals surface area contributed by atoms with E-state index in [0.717, 1.165) is 77.5 Å². The molecule has 0 saturated heterocycles. The molecule has 1 aliphatic rings. The minimum Gasteiger partial charge on any atom is -0.413 e. The smallest absolute Gasteiger partial charge is 0.232 e. The molecule has 396 valence electrons. The fourth-order valence-corrected chi connectivity index (χ4v) is 14.0. The standard InChI is InChI=1S/C55H87N5O8S2Si/c1-7-9-11-12-13-14-15-17-31-53(71(5,6)68-44(3)4)60-55-48-27-19-21-29-50(48)59(49-28-20-18-26-47(49)54(55)57-58-60)52(64)33-32-45(61)24-22-36-65-38-40-67-41-39-66-37-23-25-46(62)34-42-69-70-43-35-56-51(63)30-16-10-8-2/h18-21,26-29,44,53H,7-17,22-25,30-43H2,1-6H3,(H,56,63). The molecule has 1 atom stereocenters. The number of carbonyl (C=O) groups excluding carboxylic acids is 4. The minimum absolute atomic E-state index is 0.0274. The predicted molar refractivity (Wildman–Crippen MR) is 295 cm³/mol. The number of anilines is 2. The topological polar surface area (TPSA) is 151 Å². The number of ketones is 2. The summed E-state index contributed by atoms with van der Waals surface area (Å²) in [4.78, 5) is 53.3. The first kappa shape index (κ1) is 60.2. The van der Waals surface area contributed by atoms with E-state index in [9.17, 15) is 19.2 Å². The van der Waals surface area contributed by atoms with Crippen LogP contribution in [-0.2, 0) is 37.8 Å². The fourth-order valence-electron chi connectivity index (χ4n) is 9.02. The molecule has 16 heteroatoms. The highest BCUT2D eigenvalue weighted by Gasteiger charge is 2.41. The van der Waals surface area contributed by atoms with Gasteiger partial charge in [0, 0.05) is 87.0 Å². The van der Waals surface area contributed by atoms with Gasteiger partial charge in [-0.1, -0.05) is 141 Å². The van der Waals surface area contributed by atoms with Gasteiger partial charge in [-0.3, -0.25) is 24.1 Å². The molecular formula is C55H87N5O8S2Si. The summed E-state index contributed by atoms with van der Waals surface area (Å²) in [5.41, 5.74) is 4.90. The Morgan fingerprint density at radius 1 is 0.620 bits per heavy atom. The first-order chi connectivity index (χ1) is 34.5. The molecule has 4 rings (SSSR count). The van der Waals surface area contributed by atoms with Crippen molar-refractivity contribution in [2.45, 2.75) is 181 Å². The lowest BCUT2D eigenvalue weighted by molar-refractivity contribution is -0.123. The van der Waals surface area contributed by atoms with Crippen molar-refractivity contribution in [2.75, 3.05) is 62.6 Å². The summed E-state index contributed by atoms with van der Waals surface area (Å²) in [6, 6.07) is 15.9. The molecule has 0 spiro atoms. The molecule has 3 aromatic rings. The van der Waals surface area contributed by atoms with Crippen molar-refractivity contribution in [3.05, 3.63) is 48.5 Å². The number of aromatic nitrogens is 3. The number of benzene rings is 2. The summed E-state index contributed by atoms with van der Waals surface area (Å²) in [5.74, 6) is 1.86. The van der Waals surface area contributed by atoms with E-state index >= 15 is 0 Å². The number of fused-ring (bicyclic) bond motifs is 5. The van der Waals surface area contributed by atoms with Crippen molar-refractivity contribution in [3.63, 3.8) is 0 Å². The van der Waals surface area contributed by atoms with Crippen molar-refractivity contribution >= 4 is 64.7 Å². The van der Waals surface area contributed by atoms with Crippen LogP contribution in [0.15, 0.2) is 48.5 Å². The number of Topliss-reactive ketones (excluding diaryl/α,β-unsaturated/α-hetero) is 2. The lowest BCUT2D eigenvalue weighted by Crippen LogP contribution is -2.44. The molecule has 71 heavy (non-hydrogen) atoms. The van der Waals surface area contributed by atoms with Gasteiger partial charge in [0.25, 0.3) is 0 Å². The summed E-state index contributed by atoms with van der Waals surface area (Å²) >= 11 is 0. The number of nitrogens with one attached hydrogen (secondary N) is 1. The summed E-state index contributed by atoms with van der Waals surface area (Å²) in [6.07, 6.45) is 17.6. The van der Waals surface area contributed by atoms with Crippen molar-refractivity contribution in [1.82, 2.24) is 20.3 Å². The van der Waals surface area contributed by atoms with Gasteiger partial charge in [-0.25, -0.2) is 4.68 Å². The zero-order chi connectivity index (χ0) is 51.1. The normalized spacial score (nSPS) is 12.6. The predicted octanol–water partition coefficient (Wildman–Crippen LogP) is 12.8. The van der Waals surface area contributed by atoms with Crippen LogP contribution in [0.25, 0.3) is 22.5 Å². The fraction of sp³-hybridized carbons (Fsp3) is 0.673. The number of unbranched alkanes of at least 4 members (excludes halogenated alkanes) is 9. The van der Waals surface area contributed by atoms with Crippen LogP contribution in [-0.4, -0.2) is 110 Å².